The van der Waals surface area contributed by atoms with Gasteiger partial charge >= 0.3 is 0 Å². The zero-order valence-electron chi connectivity index (χ0n) is 12.1. The van der Waals surface area contributed by atoms with Gasteiger partial charge in [0.1, 0.15) is 5.82 Å². The third-order valence-corrected chi connectivity index (χ3v) is 4.64. The molecule has 0 aromatic carbocycles. The molecule has 1 aliphatic carbocycles. The monoisotopic (exact) mass is 277 g/mol. The van der Waals surface area contributed by atoms with Crippen molar-refractivity contribution in [3.05, 3.63) is 18.2 Å². The van der Waals surface area contributed by atoms with Crippen LogP contribution in [0.25, 0.3) is 0 Å². The molecule has 1 aliphatic heterocycles. The van der Waals surface area contributed by atoms with Crippen LogP contribution in [0.5, 0.6) is 0 Å². The lowest BCUT2D eigenvalue weighted by Gasteiger charge is -2.29. The summed E-state index contributed by atoms with van der Waals surface area (Å²) in [4.78, 5) is 18.6. The molecule has 20 heavy (non-hydrogen) atoms. The van der Waals surface area contributed by atoms with Gasteiger partial charge in [0, 0.05) is 38.3 Å². The summed E-state index contributed by atoms with van der Waals surface area (Å²) in [6.07, 6.45) is 8.77. The van der Waals surface area contributed by atoms with Crippen molar-refractivity contribution in [1.82, 2.24) is 14.5 Å². The van der Waals surface area contributed by atoms with Crippen LogP contribution in [0.4, 0.5) is 0 Å². The van der Waals surface area contributed by atoms with Gasteiger partial charge in [-0.3, -0.25) is 4.79 Å². The molecule has 1 saturated heterocycles. The zero-order chi connectivity index (χ0) is 14.2. The summed E-state index contributed by atoms with van der Waals surface area (Å²) in [5.41, 5.74) is -0.574. The molecule has 1 aromatic heterocycles. The van der Waals surface area contributed by atoms with Crippen LogP contribution < -0.4 is 0 Å². The zero-order valence-corrected chi connectivity index (χ0v) is 12.1. The van der Waals surface area contributed by atoms with Gasteiger partial charge in [-0.15, -0.1) is 0 Å². The second kappa shape index (κ2) is 5.20. The van der Waals surface area contributed by atoms with Crippen molar-refractivity contribution in [2.45, 2.75) is 63.6 Å². The highest BCUT2D eigenvalue weighted by atomic mass is 16.3. The molecule has 2 aliphatic rings. The van der Waals surface area contributed by atoms with E-state index in [9.17, 15) is 9.90 Å². The molecular formula is C15H23N3O2. The van der Waals surface area contributed by atoms with Crippen molar-refractivity contribution in [1.29, 1.82) is 0 Å². The normalized spacial score (nSPS) is 24.1. The number of hydrogen-bond acceptors (Lipinski definition) is 3. The van der Waals surface area contributed by atoms with E-state index in [2.05, 4.69) is 16.5 Å². The highest BCUT2D eigenvalue weighted by Crippen LogP contribution is 2.44. The third kappa shape index (κ3) is 2.46. The van der Waals surface area contributed by atoms with Crippen LogP contribution >= 0.6 is 0 Å². The first-order valence-corrected chi connectivity index (χ1v) is 7.66. The summed E-state index contributed by atoms with van der Waals surface area (Å²) in [5.74, 6) is 1.19. The van der Waals surface area contributed by atoms with Gasteiger partial charge < -0.3 is 14.6 Å². The van der Waals surface area contributed by atoms with Gasteiger partial charge in [-0.1, -0.05) is 6.92 Å². The maximum atomic E-state index is 12.4. The van der Waals surface area contributed by atoms with Crippen molar-refractivity contribution < 1.29 is 9.90 Å². The largest absolute Gasteiger partial charge is 0.388 e. The second-order valence-corrected chi connectivity index (χ2v) is 5.99. The SMILES string of the molecule is CCc1nccn1CCC(=O)N1CCCC1C1(O)CC1. The summed E-state index contributed by atoms with van der Waals surface area (Å²) in [6.45, 7) is 3.56. The van der Waals surface area contributed by atoms with E-state index in [-0.39, 0.29) is 11.9 Å². The predicted octanol–water partition coefficient (Wildman–Crippen LogP) is 1.35. The lowest BCUT2D eigenvalue weighted by Crippen LogP contribution is -2.44. The van der Waals surface area contributed by atoms with Crippen LogP contribution in [0, 0.1) is 0 Å². The molecule has 1 unspecified atom stereocenters. The quantitative estimate of drug-likeness (QED) is 0.884. The van der Waals surface area contributed by atoms with Crippen molar-refractivity contribution >= 4 is 5.91 Å². The van der Waals surface area contributed by atoms with Crippen molar-refractivity contribution in [2.75, 3.05) is 6.54 Å². The molecule has 1 N–H and O–H groups in total. The summed E-state index contributed by atoms with van der Waals surface area (Å²) < 4.78 is 2.05. The number of amides is 1. The van der Waals surface area contributed by atoms with E-state index in [1.165, 1.54) is 0 Å². The number of rotatable bonds is 5. The predicted molar refractivity (Wildman–Crippen MR) is 75.1 cm³/mol. The third-order valence-electron chi connectivity index (χ3n) is 4.64. The Balaban J connectivity index is 1.59. The minimum absolute atomic E-state index is 0.0587. The van der Waals surface area contributed by atoms with Crippen molar-refractivity contribution in [2.24, 2.45) is 0 Å². The Morgan fingerprint density at radius 3 is 3.05 bits per heavy atom. The molecule has 0 spiro atoms. The van der Waals surface area contributed by atoms with Crippen LogP contribution in [-0.4, -0.2) is 43.7 Å². The van der Waals surface area contributed by atoms with E-state index in [1.54, 1.807) is 6.20 Å². The number of hydrogen-bond donors (Lipinski definition) is 1. The van der Waals surface area contributed by atoms with E-state index in [1.807, 2.05) is 11.1 Å². The second-order valence-electron chi connectivity index (χ2n) is 5.99. The topological polar surface area (TPSA) is 58.4 Å². The standard InChI is InChI=1S/C15H23N3O2/c1-2-13-16-8-11-17(13)10-5-14(19)18-9-3-4-12(18)15(20)6-7-15/h8,11-12,20H,2-7,9-10H2,1H3. The van der Waals surface area contributed by atoms with E-state index in [0.29, 0.717) is 13.0 Å². The molecular weight excluding hydrogens is 254 g/mol. The number of aryl methyl sites for hydroxylation is 2. The van der Waals surface area contributed by atoms with Crippen LogP contribution in [0.15, 0.2) is 12.4 Å². The number of carbonyl (C=O) groups is 1. The fourth-order valence-corrected chi connectivity index (χ4v) is 3.30. The van der Waals surface area contributed by atoms with Gasteiger partial charge in [-0.05, 0) is 25.7 Å². The number of carbonyl (C=O) groups excluding carboxylic acids is 1. The van der Waals surface area contributed by atoms with Gasteiger partial charge in [-0.25, -0.2) is 4.98 Å². The Bertz CT molecular complexity index is 493. The first kappa shape index (κ1) is 13.6. The molecule has 5 heteroatoms. The van der Waals surface area contributed by atoms with Gasteiger partial charge in [0.25, 0.3) is 0 Å². The van der Waals surface area contributed by atoms with E-state index in [4.69, 9.17) is 0 Å². The van der Waals surface area contributed by atoms with Crippen LogP contribution in [0.3, 0.4) is 0 Å². The number of likely N-dealkylation sites (tertiary alicyclic amines) is 1. The lowest BCUT2D eigenvalue weighted by atomic mass is 10.1. The Labute approximate surface area is 119 Å². The number of aromatic nitrogens is 2. The minimum Gasteiger partial charge on any atom is -0.388 e. The van der Waals surface area contributed by atoms with Gasteiger partial charge in [0.15, 0.2) is 0 Å². The number of aliphatic hydroxyl groups is 1. The average Bonchev–Trinajstić information content (AvgIpc) is 2.90. The van der Waals surface area contributed by atoms with Crippen LogP contribution in [0.1, 0.15) is 44.9 Å². The summed E-state index contributed by atoms with van der Waals surface area (Å²) in [7, 11) is 0. The van der Waals surface area contributed by atoms with Gasteiger partial charge in [0.2, 0.25) is 5.91 Å². The molecule has 0 bridgehead atoms. The Morgan fingerprint density at radius 1 is 1.55 bits per heavy atom. The molecule has 2 heterocycles. The van der Waals surface area contributed by atoms with Gasteiger partial charge in [-0.2, -0.15) is 0 Å². The highest BCUT2D eigenvalue weighted by Gasteiger charge is 2.52. The summed E-state index contributed by atoms with van der Waals surface area (Å²) >= 11 is 0. The molecule has 3 rings (SSSR count). The number of nitrogens with zero attached hydrogens (tertiary/aromatic N) is 3. The highest BCUT2D eigenvalue weighted by molar-refractivity contribution is 5.77. The maximum absolute atomic E-state index is 12.4. The molecule has 110 valence electrons. The lowest BCUT2D eigenvalue weighted by molar-refractivity contribution is -0.135. The summed E-state index contributed by atoms with van der Waals surface area (Å²) in [6, 6.07) is 0.0587. The Morgan fingerprint density at radius 2 is 2.35 bits per heavy atom. The molecule has 1 saturated carbocycles. The Hall–Kier alpha value is -1.36. The smallest absolute Gasteiger partial charge is 0.224 e. The van der Waals surface area contributed by atoms with Crippen molar-refractivity contribution in [3.8, 4) is 0 Å². The van der Waals surface area contributed by atoms with E-state index < -0.39 is 5.60 Å². The van der Waals surface area contributed by atoms with Crippen LogP contribution in [0.2, 0.25) is 0 Å². The average molecular weight is 277 g/mol. The molecule has 0 radical (unpaired) electrons. The van der Waals surface area contributed by atoms with Crippen LogP contribution in [-0.2, 0) is 17.8 Å². The molecule has 1 amide bonds. The molecule has 5 nitrogen and oxygen atoms in total. The van der Waals surface area contributed by atoms with Crippen molar-refractivity contribution in [3.63, 3.8) is 0 Å². The fourth-order valence-electron chi connectivity index (χ4n) is 3.30. The summed E-state index contributed by atoms with van der Waals surface area (Å²) in [5, 5.41) is 10.3. The number of imidazole rings is 1. The first-order valence-electron chi connectivity index (χ1n) is 7.66. The fraction of sp³-hybridized carbons (Fsp3) is 0.733. The molecule has 1 aromatic rings. The molecule has 1 atom stereocenters. The van der Waals surface area contributed by atoms with E-state index in [0.717, 1.165) is 44.5 Å². The Kier molecular flexibility index (Phi) is 3.54. The van der Waals surface area contributed by atoms with Gasteiger partial charge in [0.05, 0.1) is 11.6 Å². The minimum atomic E-state index is -0.574. The molecule has 2 fully saturated rings. The maximum Gasteiger partial charge on any atom is 0.224 e. The first-order chi connectivity index (χ1) is 9.64. The van der Waals surface area contributed by atoms with E-state index >= 15 is 0 Å².